The minimum Gasteiger partial charge on any atom is -0.267 e. The molecule has 0 spiro atoms. The van der Waals surface area contributed by atoms with E-state index in [4.69, 9.17) is 11.6 Å². The number of amides is 2. The maximum Gasteiger partial charge on any atom is 0.279 e. The Balaban J connectivity index is 1.97. The molecule has 0 aliphatic rings. The van der Waals surface area contributed by atoms with Crippen LogP contribution in [0.3, 0.4) is 0 Å². The first-order valence-electron chi connectivity index (χ1n) is 4.97. The molecular formula is C11H9ClN2O2S2. The molecule has 2 amide bonds. The molecule has 2 aromatic rings. The summed E-state index contributed by atoms with van der Waals surface area (Å²) in [6, 6.07) is 3.44. The summed E-state index contributed by atoms with van der Waals surface area (Å²) in [6.45, 7) is 1.83. The zero-order valence-corrected chi connectivity index (χ0v) is 11.7. The zero-order valence-electron chi connectivity index (χ0n) is 9.32. The summed E-state index contributed by atoms with van der Waals surface area (Å²) in [5.74, 6) is -0.768. The number of hydrogen-bond donors (Lipinski definition) is 2. The van der Waals surface area contributed by atoms with Crippen LogP contribution in [0.25, 0.3) is 0 Å². The second kappa shape index (κ2) is 5.51. The Kier molecular flexibility index (Phi) is 4.00. The van der Waals surface area contributed by atoms with Crippen molar-refractivity contribution in [3.8, 4) is 0 Å². The summed E-state index contributed by atoms with van der Waals surface area (Å²) >= 11 is 8.64. The Bertz CT molecular complexity index is 578. The van der Waals surface area contributed by atoms with Crippen molar-refractivity contribution >= 4 is 46.1 Å². The number of nitrogens with one attached hydrogen (secondary N) is 2. The van der Waals surface area contributed by atoms with Gasteiger partial charge in [0.2, 0.25) is 0 Å². The average molecular weight is 301 g/mol. The van der Waals surface area contributed by atoms with E-state index in [0.717, 1.165) is 4.88 Å². The van der Waals surface area contributed by atoms with Gasteiger partial charge < -0.3 is 0 Å². The Morgan fingerprint density at radius 3 is 2.50 bits per heavy atom. The van der Waals surface area contributed by atoms with Gasteiger partial charge in [0.15, 0.2) is 0 Å². The van der Waals surface area contributed by atoms with Crippen LogP contribution in [-0.2, 0) is 0 Å². The van der Waals surface area contributed by atoms with E-state index in [9.17, 15) is 9.59 Å². The van der Waals surface area contributed by atoms with Gasteiger partial charge in [-0.2, -0.15) is 0 Å². The molecule has 4 nitrogen and oxygen atoms in total. The van der Waals surface area contributed by atoms with Crippen LogP contribution in [0, 0.1) is 6.92 Å². The average Bonchev–Trinajstić information content (AvgIpc) is 2.98. The summed E-state index contributed by atoms with van der Waals surface area (Å²) in [4.78, 5) is 24.7. The zero-order chi connectivity index (χ0) is 13.1. The van der Waals surface area contributed by atoms with Crippen LogP contribution in [-0.4, -0.2) is 11.8 Å². The van der Waals surface area contributed by atoms with Crippen molar-refractivity contribution in [2.45, 2.75) is 6.92 Å². The molecule has 0 bridgehead atoms. The second-order valence-corrected chi connectivity index (χ2v) is 5.81. The maximum absolute atomic E-state index is 11.8. The monoisotopic (exact) mass is 300 g/mol. The van der Waals surface area contributed by atoms with Gasteiger partial charge in [-0.15, -0.1) is 22.7 Å². The van der Waals surface area contributed by atoms with Crippen molar-refractivity contribution in [2.75, 3.05) is 0 Å². The van der Waals surface area contributed by atoms with E-state index in [-0.39, 0.29) is 5.91 Å². The lowest BCUT2D eigenvalue weighted by atomic mass is 10.3. The van der Waals surface area contributed by atoms with Gasteiger partial charge in [-0.1, -0.05) is 17.7 Å². The summed E-state index contributed by atoms with van der Waals surface area (Å²) in [7, 11) is 0. The summed E-state index contributed by atoms with van der Waals surface area (Å²) < 4.78 is 0. The Morgan fingerprint density at radius 2 is 1.94 bits per heavy atom. The van der Waals surface area contributed by atoms with E-state index in [1.807, 2.05) is 6.92 Å². The SMILES string of the molecule is Cc1scc(C(=O)NNC(=O)c2cccs2)c1Cl. The standard InChI is InChI=1S/C11H9ClN2O2S2/c1-6-9(12)7(5-18-6)10(15)13-14-11(16)8-3-2-4-17-8/h2-5H,1H3,(H,13,15)(H,14,16). The lowest BCUT2D eigenvalue weighted by Gasteiger charge is -2.05. The molecule has 0 saturated carbocycles. The first-order chi connectivity index (χ1) is 8.59. The Morgan fingerprint density at radius 1 is 1.22 bits per heavy atom. The highest BCUT2D eigenvalue weighted by molar-refractivity contribution is 7.12. The van der Waals surface area contributed by atoms with Crippen LogP contribution in [0.15, 0.2) is 22.9 Å². The first-order valence-corrected chi connectivity index (χ1v) is 7.11. The highest BCUT2D eigenvalue weighted by atomic mass is 35.5. The van der Waals surface area contributed by atoms with Crippen LogP contribution >= 0.6 is 34.3 Å². The van der Waals surface area contributed by atoms with Gasteiger partial charge in [0.1, 0.15) is 0 Å². The summed E-state index contributed by atoms with van der Waals surface area (Å²) in [5, 5.41) is 3.86. The fraction of sp³-hybridized carbons (Fsp3) is 0.0909. The molecule has 0 unspecified atom stereocenters. The van der Waals surface area contributed by atoms with Crippen molar-refractivity contribution in [3.05, 3.63) is 43.2 Å². The van der Waals surface area contributed by atoms with E-state index in [0.29, 0.717) is 15.5 Å². The van der Waals surface area contributed by atoms with Gasteiger partial charge >= 0.3 is 0 Å². The molecule has 2 heterocycles. The number of carbonyl (C=O) groups is 2. The molecule has 7 heteroatoms. The predicted molar refractivity (Wildman–Crippen MR) is 73.3 cm³/mol. The predicted octanol–water partition coefficient (Wildman–Crippen LogP) is 2.85. The van der Waals surface area contributed by atoms with E-state index in [2.05, 4.69) is 10.9 Å². The smallest absolute Gasteiger partial charge is 0.267 e. The van der Waals surface area contributed by atoms with Crippen LogP contribution in [0.2, 0.25) is 5.02 Å². The molecule has 0 fully saturated rings. The largest absolute Gasteiger partial charge is 0.279 e. The van der Waals surface area contributed by atoms with Gasteiger partial charge in [0, 0.05) is 10.3 Å². The number of hydrazine groups is 1. The molecule has 2 N–H and O–H groups in total. The molecular weight excluding hydrogens is 292 g/mol. The highest BCUT2D eigenvalue weighted by Gasteiger charge is 2.15. The quantitative estimate of drug-likeness (QED) is 0.838. The minimum atomic E-state index is -0.422. The number of halogens is 1. The number of aryl methyl sites for hydroxylation is 1. The van der Waals surface area contributed by atoms with E-state index in [1.165, 1.54) is 22.7 Å². The third kappa shape index (κ3) is 2.72. The van der Waals surface area contributed by atoms with Crippen molar-refractivity contribution in [1.29, 1.82) is 0 Å². The molecule has 0 aliphatic carbocycles. The summed E-state index contributed by atoms with van der Waals surface area (Å²) in [5.41, 5.74) is 5.04. The van der Waals surface area contributed by atoms with Gasteiger partial charge in [-0.25, -0.2) is 0 Å². The first kappa shape index (κ1) is 13.1. The third-order valence-corrected chi connectivity index (χ3v) is 4.56. The van der Waals surface area contributed by atoms with Gasteiger partial charge in [-0.3, -0.25) is 20.4 Å². The van der Waals surface area contributed by atoms with Gasteiger partial charge in [0.05, 0.1) is 15.5 Å². The van der Waals surface area contributed by atoms with Crippen LogP contribution in [0.1, 0.15) is 24.9 Å². The molecule has 94 valence electrons. The van der Waals surface area contributed by atoms with Crippen molar-refractivity contribution < 1.29 is 9.59 Å². The van der Waals surface area contributed by atoms with Crippen LogP contribution < -0.4 is 10.9 Å². The lowest BCUT2D eigenvalue weighted by molar-refractivity contribution is 0.0849. The number of thiophene rings is 2. The molecule has 0 aliphatic heterocycles. The normalized spacial score (nSPS) is 10.1. The fourth-order valence-corrected chi connectivity index (χ4v) is 2.93. The van der Waals surface area contributed by atoms with Crippen LogP contribution in [0.5, 0.6) is 0 Å². The highest BCUT2D eigenvalue weighted by Crippen LogP contribution is 2.26. The van der Waals surface area contributed by atoms with E-state index >= 15 is 0 Å². The number of carbonyl (C=O) groups excluding carboxylic acids is 2. The molecule has 0 radical (unpaired) electrons. The molecule has 0 aromatic carbocycles. The fourth-order valence-electron chi connectivity index (χ4n) is 1.24. The number of hydrogen-bond acceptors (Lipinski definition) is 4. The Hall–Kier alpha value is -1.37. The summed E-state index contributed by atoms with van der Waals surface area (Å²) in [6.07, 6.45) is 0. The van der Waals surface area contributed by atoms with Crippen LogP contribution in [0.4, 0.5) is 0 Å². The topological polar surface area (TPSA) is 58.2 Å². The molecule has 0 atom stereocenters. The molecule has 2 rings (SSSR count). The molecule has 2 aromatic heterocycles. The van der Waals surface area contributed by atoms with Gasteiger partial charge in [-0.05, 0) is 18.4 Å². The van der Waals surface area contributed by atoms with E-state index in [1.54, 1.807) is 22.9 Å². The van der Waals surface area contributed by atoms with Crippen molar-refractivity contribution in [3.63, 3.8) is 0 Å². The van der Waals surface area contributed by atoms with E-state index < -0.39 is 5.91 Å². The van der Waals surface area contributed by atoms with Gasteiger partial charge in [0.25, 0.3) is 11.8 Å². The third-order valence-electron chi connectivity index (χ3n) is 2.18. The molecule has 18 heavy (non-hydrogen) atoms. The second-order valence-electron chi connectivity index (χ2n) is 3.41. The molecule has 0 saturated heterocycles. The minimum absolute atomic E-state index is 0.346. The van der Waals surface area contributed by atoms with Crippen molar-refractivity contribution in [1.82, 2.24) is 10.9 Å². The Labute approximate surface area is 117 Å². The van der Waals surface area contributed by atoms with Crippen molar-refractivity contribution in [2.24, 2.45) is 0 Å². The maximum atomic E-state index is 11.8. The lowest BCUT2D eigenvalue weighted by Crippen LogP contribution is -2.41. The number of rotatable bonds is 2.